The summed E-state index contributed by atoms with van der Waals surface area (Å²) in [5.41, 5.74) is 16.8. The van der Waals surface area contributed by atoms with Crippen LogP contribution in [0.2, 0.25) is 15.1 Å². The van der Waals surface area contributed by atoms with Crippen molar-refractivity contribution in [1.29, 1.82) is 0 Å². The third-order valence-corrected chi connectivity index (χ3v) is 18.1. The molecule has 11 aromatic rings. The molecule has 14 nitrogen and oxygen atoms in total. The van der Waals surface area contributed by atoms with Gasteiger partial charge in [0, 0.05) is 107 Å². The molecule has 2 saturated heterocycles. The van der Waals surface area contributed by atoms with Crippen molar-refractivity contribution in [3.63, 3.8) is 0 Å². The quantitative estimate of drug-likeness (QED) is 0.0845. The van der Waals surface area contributed by atoms with E-state index in [-0.39, 0.29) is 22.3 Å². The molecule has 3 aliphatic rings. The highest BCUT2D eigenvalue weighted by Crippen LogP contribution is 2.43. The molecular weight excluding hydrogens is 1220 g/mol. The Morgan fingerprint density at radius 2 is 0.839 bits per heavy atom. The van der Waals surface area contributed by atoms with Gasteiger partial charge in [0.2, 0.25) is 0 Å². The number of fused-ring (bicyclic) bond motifs is 1. The molecule has 0 unspecified atom stereocenters. The number of nitrogens with zero attached hydrogens (tertiary/aromatic N) is 11. The lowest BCUT2D eigenvalue weighted by molar-refractivity contribution is 0.248. The van der Waals surface area contributed by atoms with E-state index in [1.165, 1.54) is 16.7 Å². The van der Waals surface area contributed by atoms with Crippen LogP contribution in [0.15, 0.2) is 214 Å². The van der Waals surface area contributed by atoms with Gasteiger partial charge in [0.15, 0.2) is 17.5 Å². The molecule has 2 fully saturated rings. The highest BCUT2D eigenvalue weighted by molar-refractivity contribution is 6.31. The topological polar surface area (TPSA) is 141 Å². The van der Waals surface area contributed by atoms with Gasteiger partial charge in [-0.2, -0.15) is 15.3 Å². The van der Waals surface area contributed by atoms with Gasteiger partial charge >= 0.3 is 0 Å². The molecule has 0 spiro atoms. The maximum absolute atomic E-state index is 6.17. The predicted octanol–water partition coefficient (Wildman–Crippen LogP) is 18.0. The lowest BCUT2D eigenvalue weighted by Crippen LogP contribution is -2.44. The number of aromatic nitrogens is 9. The first-order chi connectivity index (χ1) is 44.1. The van der Waals surface area contributed by atoms with Gasteiger partial charge in [0.1, 0.15) is 0 Å². The molecule has 3 aliphatic heterocycles. The van der Waals surface area contributed by atoms with Gasteiger partial charge in [-0.05, 0) is 179 Å². The number of benzene rings is 5. The maximum atomic E-state index is 6.17. The average Bonchev–Trinajstić information content (AvgIpc) is 1.70. The van der Waals surface area contributed by atoms with Crippen LogP contribution < -0.4 is 14.7 Å². The van der Waals surface area contributed by atoms with Crippen molar-refractivity contribution in [1.82, 2.24) is 55.3 Å². The summed E-state index contributed by atoms with van der Waals surface area (Å²) >= 11 is 18.4. The van der Waals surface area contributed by atoms with Gasteiger partial charge in [-0.3, -0.25) is 30.2 Å². The number of aromatic amines is 3. The molecule has 0 amide bonds. The van der Waals surface area contributed by atoms with Crippen molar-refractivity contribution in [3.05, 3.63) is 245 Å². The summed E-state index contributed by atoms with van der Waals surface area (Å²) in [4.78, 5) is 24.7. The van der Waals surface area contributed by atoms with Crippen LogP contribution >= 0.6 is 34.8 Å². The standard InChI is InChI=1S/C27H28ClN5.C23H26ClN5.C23H19ClN4.3CH4/c1-32-17-13-24(14-18-32)33(19-20-5-3-2-4-6-20)27-25(21-11-15-29-16-12-21)26(30-31-27)22-7-9-23(28)10-8-22;1-3-14-29(20-10-15-28(2)16-11-20)23-21(17-8-12-25-13-9-17)22(26-27-23)18-4-6-19(24)7-5-18;24-20-7-5-18(6-8-20)22-21(17-9-12-25-13-10-17)23(27-26-22)28-14-11-16-3-1-2-4-19(16)15-28;;;/h2-12,15-16,24H,13-14,17-19H2,1H3,(H,30,31);3-9,12-13,20H,1,10-11,14-16H2,2H3,(H,26,27);1-10,12-13H,11,14-15H2,(H,26,27);3*1H4. The number of likely N-dealkylation sites (tertiary alicyclic amines) is 2. The first-order valence-electron chi connectivity index (χ1n) is 30.8. The fourth-order valence-corrected chi connectivity index (χ4v) is 12.9. The Hall–Kier alpha value is -8.89. The molecule has 480 valence electrons. The molecule has 0 saturated carbocycles. The Morgan fingerprint density at radius 1 is 0.452 bits per heavy atom. The van der Waals surface area contributed by atoms with Gasteiger partial charge in [0.25, 0.3) is 0 Å². The second-order valence-corrected chi connectivity index (χ2v) is 24.5. The largest absolute Gasteiger partial charge is 0.350 e. The van der Waals surface area contributed by atoms with E-state index in [0.717, 1.165) is 184 Å². The van der Waals surface area contributed by atoms with Gasteiger partial charge in [-0.25, -0.2) is 0 Å². The molecule has 6 aromatic heterocycles. The smallest absolute Gasteiger partial charge is 0.159 e. The van der Waals surface area contributed by atoms with E-state index in [0.29, 0.717) is 12.1 Å². The first-order valence-corrected chi connectivity index (χ1v) is 31.9. The lowest BCUT2D eigenvalue weighted by atomic mass is 9.97. The summed E-state index contributed by atoms with van der Waals surface area (Å²) in [7, 11) is 4.39. The van der Waals surface area contributed by atoms with Crippen molar-refractivity contribution < 1.29 is 0 Å². The first kappa shape index (κ1) is 68.5. The van der Waals surface area contributed by atoms with Crippen molar-refractivity contribution in [2.24, 2.45) is 0 Å². The van der Waals surface area contributed by atoms with Crippen LogP contribution in [0.25, 0.3) is 67.2 Å². The van der Waals surface area contributed by atoms with E-state index < -0.39 is 0 Å². The fourth-order valence-electron chi connectivity index (χ4n) is 12.5. The summed E-state index contributed by atoms with van der Waals surface area (Å²) in [6.45, 7) is 11.8. The minimum atomic E-state index is 0. The number of rotatable bonds is 15. The van der Waals surface area contributed by atoms with Crippen LogP contribution in [0, 0.1) is 0 Å². The zero-order chi connectivity index (χ0) is 61.8. The van der Waals surface area contributed by atoms with Crippen LogP contribution in [-0.4, -0.2) is 121 Å². The number of H-pyrrole nitrogens is 3. The average molecular weight is 1300 g/mol. The molecule has 14 rings (SSSR count). The molecule has 17 heteroatoms. The van der Waals surface area contributed by atoms with Gasteiger partial charge < -0.3 is 24.5 Å². The van der Waals surface area contributed by atoms with E-state index in [1.807, 2.05) is 140 Å². The molecule has 3 N–H and O–H groups in total. The summed E-state index contributed by atoms with van der Waals surface area (Å²) < 4.78 is 0. The van der Waals surface area contributed by atoms with Crippen LogP contribution in [0.1, 0.15) is 64.7 Å². The molecule has 0 bridgehead atoms. The third kappa shape index (κ3) is 16.3. The Balaban J connectivity index is 0.000000163. The molecule has 0 aliphatic carbocycles. The highest BCUT2D eigenvalue weighted by atomic mass is 35.5. The summed E-state index contributed by atoms with van der Waals surface area (Å²) in [5.74, 6) is 2.94. The maximum Gasteiger partial charge on any atom is 0.159 e. The van der Waals surface area contributed by atoms with Crippen LogP contribution in [-0.2, 0) is 19.5 Å². The van der Waals surface area contributed by atoms with Crippen molar-refractivity contribution in [2.75, 3.05) is 68.1 Å². The monoisotopic (exact) mass is 1300 g/mol. The summed E-state index contributed by atoms with van der Waals surface area (Å²) in [6, 6.07) is 56.1. The van der Waals surface area contributed by atoms with E-state index >= 15 is 0 Å². The van der Waals surface area contributed by atoms with Crippen molar-refractivity contribution >= 4 is 52.3 Å². The Bertz CT molecular complexity index is 4050. The second kappa shape index (κ2) is 32.6. The Kier molecular flexibility index (Phi) is 24.0. The SMILES string of the molecule is C.C.C.C=CCN(c1n[nH]c(-c2ccc(Cl)cc2)c1-c1ccncc1)C1CCN(C)CC1.CN1CCC(N(Cc2ccccc2)c2n[nH]c(-c3ccc(Cl)cc3)c2-c2ccncc2)CC1.Clc1ccc(-c2[nH]nc(N3CCc4ccccc4C3)c2-c2ccncc2)cc1. The predicted molar refractivity (Wildman–Crippen MR) is 389 cm³/mol. The number of anilines is 3. The Morgan fingerprint density at radius 3 is 1.29 bits per heavy atom. The van der Waals surface area contributed by atoms with E-state index in [2.05, 4.69) is 142 Å². The van der Waals surface area contributed by atoms with Crippen molar-refractivity contribution in [3.8, 4) is 67.2 Å². The summed E-state index contributed by atoms with van der Waals surface area (Å²) in [6.07, 6.45) is 18.4. The lowest BCUT2D eigenvalue weighted by Gasteiger charge is -2.38. The van der Waals surface area contributed by atoms with Gasteiger partial charge in [-0.1, -0.05) is 154 Å². The van der Waals surface area contributed by atoms with E-state index in [1.54, 1.807) is 0 Å². The van der Waals surface area contributed by atoms with E-state index in [4.69, 9.17) is 50.1 Å². The normalized spacial score (nSPS) is 14.1. The minimum Gasteiger partial charge on any atom is -0.350 e. The van der Waals surface area contributed by atoms with Crippen LogP contribution in [0.5, 0.6) is 0 Å². The van der Waals surface area contributed by atoms with E-state index in [9.17, 15) is 0 Å². The number of nitrogens with one attached hydrogen (secondary N) is 3. The number of halogens is 3. The number of hydrogen-bond donors (Lipinski definition) is 3. The third-order valence-electron chi connectivity index (χ3n) is 17.3. The second-order valence-electron chi connectivity index (χ2n) is 23.2. The summed E-state index contributed by atoms with van der Waals surface area (Å²) in [5, 5.41) is 26.5. The minimum absolute atomic E-state index is 0. The zero-order valence-electron chi connectivity index (χ0n) is 50.7. The molecular formula is C76H85Cl3N14. The molecule has 9 heterocycles. The van der Waals surface area contributed by atoms with Gasteiger partial charge in [-0.15, -0.1) is 6.58 Å². The van der Waals surface area contributed by atoms with Crippen LogP contribution in [0.3, 0.4) is 0 Å². The fraction of sp³-hybridized carbons (Fsp3) is 0.263. The zero-order valence-corrected chi connectivity index (χ0v) is 53.0. The molecule has 0 radical (unpaired) electrons. The Labute approximate surface area is 564 Å². The highest BCUT2D eigenvalue weighted by Gasteiger charge is 2.32. The van der Waals surface area contributed by atoms with Gasteiger partial charge in [0.05, 0.1) is 33.8 Å². The number of piperidine rings is 2. The van der Waals surface area contributed by atoms with Crippen molar-refractivity contribution in [2.45, 2.75) is 79.6 Å². The van der Waals surface area contributed by atoms with Crippen LogP contribution in [0.4, 0.5) is 17.5 Å². The molecule has 0 atom stereocenters. The number of pyridine rings is 3. The molecule has 5 aromatic carbocycles. The molecule has 93 heavy (non-hydrogen) atoms. The number of hydrogen-bond acceptors (Lipinski definition) is 11.